The van der Waals surface area contributed by atoms with Crippen molar-refractivity contribution in [2.45, 2.75) is 13.3 Å². The third kappa shape index (κ3) is 5.24. The molecule has 6 heteroatoms. The summed E-state index contributed by atoms with van der Waals surface area (Å²) in [5.41, 5.74) is 4.01. The Bertz CT molecular complexity index is 958. The smallest absolute Gasteiger partial charge is 0.274 e. The number of halogens is 1. The van der Waals surface area contributed by atoms with E-state index in [4.69, 9.17) is 16.3 Å². The number of pyridine rings is 1. The van der Waals surface area contributed by atoms with E-state index in [1.807, 2.05) is 55.5 Å². The van der Waals surface area contributed by atoms with E-state index in [9.17, 15) is 4.79 Å². The average molecular weight is 396 g/mol. The lowest BCUT2D eigenvalue weighted by molar-refractivity contribution is 0.102. The molecule has 0 fully saturated rings. The Morgan fingerprint density at radius 2 is 1.89 bits per heavy atom. The van der Waals surface area contributed by atoms with Crippen LogP contribution in [0.4, 0.5) is 11.4 Å². The number of hydrogen-bond donors (Lipinski definition) is 2. The molecule has 1 amide bonds. The molecule has 1 aromatic heterocycles. The number of carbonyl (C=O) groups excluding carboxylic acids is 1. The van der Waals surface area contributed by atoms with Crippen LogP contribution >= 0.6 is 11.6 Å². The largest absolute Gasteiger partial charge is 0.495 e. The molecule has 0 aliphatic carbocycles. The zero-order chi connectivity index (χ0) is 19.9. The maximum atomic E-state index is 12.6. The van der Waals surface area contributed by atoms with Crippen LogP contribution in [0.1, 0.15) is 21.6 Å². The molecule has 28 heavy (non-hydrogen) atoms. The maximum absolute atomic E-state index is 12.6. The van der Waals surface area contributed by atoms with E-state index in [1.54, 1.807) is 19.4 Å². The first-order valence-electron chi connectivity index (χ1n) is 8.95. The fraction of sp³-hybridized carbons (Fsp3) is 0.182. The molecular weight excluding hydrogens is 374 g/mol. The van der Waals surface area contributed by atoms with Crippen molar-refractivity contribution in [3.63, 3.8) is 0 Å². The first-order valence-corrected chi connectivity index (χ1v) is 9.33. The van der Waals surface area contributed by atoms with Gasteiger partial charge in [-0.2, -0.15) is 0 Å². The van der Waals surface area contributed by atoms with Crippen LogP contribution in [0.25, 0.3) is 0 Å². The number of ether oxygens (including phenoxy) is 1. The number of methoxy groups -OCH3 is 1. The van der Waals surface area contributed by atoms with Crippen molar-refractivity contribution >= 4 is 28.9 Å². The normalized spacial score (nSPS) is 10.4. The third-order valence-corrected chi connectivity index (χ3v) is 4.50. The summed E-state index contributed by atoms with van der Waals surface area (Å²) in [4.78, 5) is 16.8. The molecule has 0 saturated carbocycles. The van der Waals surface area contributed by atoms with Gasteiger partial charge in [-0.1, -0.05) is 29.8 Å². The number of carbonyl (C=O) groups is 1. The molecule has 0 radical (unpaired) electrons. The summed E-state index contributed by atoms with van der Waals surface area (Å²) in [5, 5.41) is 6.92. The van der Waals surface area contributed by atoms with Gasteiger partial charge in [0.1, 0.15) is 11.4 Å². The average Bonchev–Trinajstić information content (AvgIpc) is 2.70. The van der Waals surface area contributed by atoms with Gasteiger partial charge in [-0.05, 0) is 60.9 Å². The summed E-state index contributed by atoms with van der Waals surface area (Å²) in [6, 6.07) is 17.0. The SMILES string of the molecule is COc1ccc(C)cc1NC(=O)c1cc(NCCc2ccc(Cl)cc2)ccn1. The van der Waals surface area contributed by atoms with Crippen LogP contribution in [0.15, 0.2) is 60.8 Å². The predicted molar refractivity (Wildman–Crippen MR) is 114 cm³/mol. The number of nitrogens with one attached hydrogen (secondary N) is 2. The highest BCUT2D eigenvalue weighted by Crippen LogP contribution is 2.25. The monoisotopic (exact) mass is 395 g/mol. The molecule has 0 aliphatic rings. The second-order valence-electron chi connectivity index (χ2n) is 6.39. The molecule has 0 atom stereocenters. The first-order chi connectivity index (χ1) is 13.5. The highest BCUT2D eigenvalue weighted by atomic mass is 35.5. The van der Waals surface area contributed by atoms with E-state index >= 15 is 0 Å². The van der Waals surface area contributed by atoms with E-state index in [2.05, 4.69) is 15.6 Å². The summed E-state index contributed by atoms with van der Waals surface area (Å²) in [6.45, 7) is 2.69. The van der Waals surface area contributed by atoms with Crippen molar-refractivity contribution in [3.8, 4) is 5.75 Å². The molecule has 0 aliphatic heterocycles. The van der Waals surface area contributed by atoms with Gasteiger partial charge in [-0.15, -0.1) is 0 Å². The standard InChI is InChI=1S/C22H22ClN3O2/c1-15-3-8-21(28-2)19(13-15)26-22(27)20-14-18(10-12-25-20)24-11-9-16-4-6-17(23)7-5-16/h3-8,10,12-14H,9,11H2,1-2H3,(H,24,25)(H,26,27). The topological polar surface area (TPSA) is 63.2 Å². The van der Waals surface area contributed by atoms with Crippen molar-refractivity contribution in [2.24, 2.45) is 0 Å². The van der Waals surface area contributed by atoms with Gasteiger partial charge in [-0.3, -0.25) is 9.78 Å². The maximum Gasteiger partial charge on any atom is 0.274 e. The Kier molecular flexibility index (Phi) is 6.50. The number of anilines is 2. The van der Waals surface area contributed by atoms with E-state index in [0.717, 1.165) is 29.2 Å². The minimum atomic E-state index is -0.287. The van der Waals surface area contributed by atoms with Crippen LogP contribution in [0.2, 0.25) is 5.02 Å². The van der Waals surface area contributed by atoms with Crippen LogP contribution in [-0.4, -0.2) is 24.5 Å². The Labute approximate surface area is 169 Å². The van der Waals surface area contributed by atoms with Crippen molar-refractivity contribution in [1.82, 2.24) is 4.98 Å². The summed E-state index contributed by atoms with van der Waals surface area (Å²) >= 11 is 5.91. The van der Waals surface area contributed by atoms with Crippen LogP contribution in [0.3, 0.4) is 0 Å². The summed E-state index contributed by atoms with van der Waals surface area (Å²) in [6.07, 6.45) is 2.47. The molecule has 1 heterocycles. The predicted octanol–water partition coefficient (Wildman–Crippen LogP) is 4.96. The molecule has 5 nitrogen and oxygen atoms in total. The molecule has 2 N–H and O–H groups in total. The number of aromatic nitrogens is 1. The van der Waals surface area contributed by atoms with Crippen LogP contribution in [0.5, 0.6) is 5.75 Å². The van der Waals surface area contributed by atoms with E-state index in [0.29, 0.717) is 17.1 Å². The van der Waals surface area contributed by atoms with Gasteiger partial charge in [-0.25, -0.2) is 0 Å². The van der Waals surface area contributed by atoms with E-state index < -0.39 is 0 Å². The molecule has 0 spiro atoms. The molecule has 144 valence electrons. The van der Waals surface area contributed by atoms with Crippen LogP contribution in [-0.2, 0) is 6.42 Å². The van der Waals surface area contributed by atoms with E-state index in [-0.39, 0.29) is 5.91 Å². The highest BCUT2D eigenvalue weighted by molar-refractivity contribution is 6.30. The van der Waals surface area contributed by atoms with Crippen molar-refractivity contribution in [3.05, 3.63) is 82.6 Å². The quantitative estimate of drug-likeness (QED) is 0.593. The Morgan fingerprint density at radius 3 is 2.64 bits per heavy atom. The Hall–Kier alpha value is -3.05. The number of aryl methyl sites for hydroxylation is 1. The number of rotatable bonds is 7. The van der Waals surface area contributed by atoms with Gasteiger partial charge in [0.05, 0.1) is 12.8 Å². The number of nitrogens with zero attached hydrogens (tertiary/aromatic N) is 1. The summed E-state index contributed by atoms with van der Waals surface area (Å²) in [7, 11) is 1.57. The fourth-order valence-electron chi connectivity index (χ4n) is 2.77. The molecule has 0 unspecified atom stereocenters. The van der Waals surface area contributed by atoms with Gasteiger partial charge in [0.15, 0.2) is 0 Å². The van der Waals surface area contributed by atoms with Gasteiger partial charge in [0, 0.05) is 23.5 Å². The minimum absolute atomic E-state index is 0.287. The fourth-order valence-corrected chi connectivity index (χ4v) is 2.90. The molecular formula is C22H22ClN3O2. The van der Waals surface area contributed by atoms with Crippen molar-refractivity contribution in [1.29, 1.82) is 0 Å². The molecule has 0 saturated heterocycles. The Balaban J connectivity index is 1.63. The van der Waals surface area contributed by atoms with Gasteiger partial charge < -0.3 is 15.4 Å². The summed E-state index contributed by atoms with van der Waals surface area (Å²) < 4.78 is 5.31. The molecule has 2 aromatic carbocycles. The van der Waals surface area contributed by atoms with Crippen LogP contribution < -0.4 is 15.4 Å². The lowest BCUT2D eigenvalue weighted by Gasteiger charge is -2.12. The third-order valence-electron chi connectivity index (χ3n) is 4.25. The highest BCUT2D eigenvalue weighted by Gasteiger charge is 2.12. The second kappa shape index (κ2) is 9.24. The van der Waals surface area contributed by atoms with E-state index in [1.165, 1.54) is 5.56 Å². The van der Waals surface area contributed by atoms with Gasteiger partial charge in [0.2, 0.25) is 0 Å². The Morgan fingerprint density at radius 1 is 1.11 bits per heavy atom. The lowest BCUT2D eigenvalue weighted by Crippen LogP contribution is -2.15. The zero-order valence-electron chi connectivity index (χ0n) is 15.8. The van der Waals surface area contributed by atoms with Crippen LogP contribution in [0, 0.1) is 6.92 Å². The zero-order valence-corrected chi connectivity index (χ0v) is 16.6. The second-order valence-corrected chi connectivity index (χ2v) is 6.83. The molecule has 3 aromatic rings. The number of benzene rings is 2. The van der Waals surface area contributed by atoms with Gasteiger partial charge in [0.25, 0.3) is 5.91 Å². The number of hydrogen-bond acceptors (Lipinski definition) is 4. The van der Waals surface area contributed by atoms with Crippen molar-refractivity contribution in [2.75, 3.05) is 24.3 Å². The molecule has 0 bridgehead atoms. The minimum Gasteiger partial charge on any atom is -0.495 e. The summed E-state index contributed by atoms with van der Waals surface area (Å²) in [5.74, 6) is 0.321. The van der Waals surface area contributed by atoms with Gasteiger partial charge >= 0.3 is 0 Å². The number of amides is 1. The first kappa shape index (κ1) is 19.7. The lowest BCUT2D eigenvalue weighted by atomic mass is 10.1. The van der Waals surface area contributed by atoms with Crippen molar-refractivity contribution < 1.29 is 9.53 Å². The molecule has 3 rings (SSSR count).